The molecule has 2 heterocycles. The van der Waals surface area contributed by atoms with Crippen LogP contribution in [0.2, 0.25) is 0 Å². The quantitative estimate of drug-likeness (QED) is 0.846. The first-order valence-electron chi connectivity index (χ1n) is 7.64. The van der Waals surface area contributed by atoms with Crippen LogP contribution in [0.25, 0.3) is 0 Å². The van der Waals surface area contributed by atoms with Crippen molar-refractivity contribution in [2.75, 3.05) is 31.1 Å². The third-order valence-corrected chi connectivity index (χ3v) is 6.12. The normalized spacial score (nSPS) is 32.6. The Hall–Kier alpha value is -0.130. The summed E-state index contributed by atoms with van der Waals surface area (Å²) in [7, 11) is -2.78. The van der Waals surface area contributed by atoms with E-state index < -0.39 is 9.84 Å². The molecule has 2 aliphatic heterocycles. The van der Waals surface area contributed by atoms with Gasteiger partial charge in [-0.05, 0) is 44.7 Å². The van der Waals surface area contributed by atoms with Crippen molar-refractivity contribution in [1.29, 1.82) is 0 Å². The minimum absolute atomic E-state index is 0.278. The Labute approximate surface area is 117 Å². The van der Waals surface area contributed by atoms with Gasteiger partial charge in [0, 0.05) is 18.6 Å². The molecule has 19 heavy (non-hydrogen) atoms. The fourth-order valence-corrected chi connectivity index (χ4v) is 5.02. The van der Waals surface area contributed by atoms with Crippen molar-refractivity contribution in [2.24, 2.45) is 5.92 Å². The molecule has 112 valence electrons. The van der Waals surface area contributed by atoms with Gasteiger partial charge in [0.05, 0.1) is 11.5 Å². The molecule has 0 amide bonds. The second-order valence-corrected chi connectivity index (χ2v) is 8.71. The molecule has 0 radical (unpaired) electrons. The summed E-state index contributed by atoms with van der Waals surface area (Å²) in [6.45, 7) is 7.56. The van der Waals surface area contributed by atoms with E-state index in [-0.39, 0.29) is 6.04 Å². The third kappa shape index (κ3) is 4.72. The van der Waals surface area contributed by atoms with Gasteiger partial charge in [0.1, 0.15) is 0 Å². The van der Waals surface area contributed by atoms with Crippen LogP contribution in [-0.2, 0) is 9.84 Å². The molecule has 2 fully saturated rings. The van der Waals surface area contributed by atoms with E-state index >= 15 is 0 Å². The van der Waals surface area contributed by atoms with Gasteiger partial charge >= 0.3 is 0 Å². The molecule has 0 spiro atoms. The lowest BCUT2D eigenvalue weighted by atomic mass is 9.95. The van der Waals surface area contributed by atoms with Gasteiger partial charge in [-0.2, -0.15) is 0 Å². The second-order valence-electron chi connectivity index (χ2n) is 6.48. The summed E-state index contributed by atoms with van der Waals surface area (Å²) in [5.41, 5.74) is 0. The Morgan fingerprint density at radius 1 is 1.26 bits per heavy atom. The molecule has 0 aliphatic carbocycles. The van der Waals surface area contributed by atoms with E-state index in [1.165, 1.54) is 12.8 Å². The van der Waals surface area contributed by atoms with Gasteiger partial charge in [-0.1, -0.05) is 13.8 Å². The van der Waals surface area contributed by atoms with Crippen LogP contribution in [0.3, 0.4) is 0 Å². The summed E-state index contributed by atoms with van der Waals surface area (Å²) in [4.78, 5) is 2.44. The van der Waals surface area contributed by atoms with Gasteiger partial charge in [0.25, 0.3) is 0 Å². The molecule has 0 saturated carbocycles. The zero-order valence-corrected chi connectivity index (χ0v) is 13.1. The molecule has 0 aromatic carbocycles. The summed E-state index contributed by atoms with van der Waals surface area (Å²) in [6.07, 6.45) is 4.39. The highest BCUT2D eigenvalue weighted by Crippen LogP contribution is 2.24. The van der Waals surface area contributed by atoms with Crippen LogP contribution in [0, 0.1) is 5.92 Å². The number of sulfone groups is 1. The first kappa shape index (κ1) is 15.3. The Morgan fingerprint density at radius 3 is 2.74 bits per heavy atom. The number of nitrogens with one attached hydrogen (secondary N) is 1. The number of likely N-dealkylation sites (tertiary alicyclic amines) is 1. The largest absolute Gasteiger partial charge is 0.314 e. The minimum Gasteiger partial charge on any atom is -0.314 e. The van der Waals surface area contributed by atoms with E-state index in [0.29, 0.717) is 23.5 Å². The maximum absolute atomic E-state index is 11.8. The SMILES string of the molecule is CC(C)NCC1CCCN(C2CCCS(=O)(=O)C2)C1. The lowest BCUT2D eigenvalue weighted by molar-refractivity contribution is 0.123. The molecule has 0 aromatic heterocycles. The van der Waals surface area contributed by atoms with Gasteiger partial charge in [-0.15, -0.1) is 0 Å². The van der Waals surface area contributed by atoms with E-state index in [9.17, 15) is 8.42 Å². The summed E-state index contributed by atoms with van der Waals surface area (Å²) < 4.78 is 23.5. The van der Waals surface area contributed by atoms with Crippen LogP contribution in [0.4, 0.5) is 0 Å². The molecule has 4 nitrogen and oxygen atoms in total. The lowest BCUT2D eigenvalue weighted by Crippen LogP contribution is -2.49. The third-order valence-electron chi connectivity index (χ3n) is 4.32. The number of rotatable bonds is 4. The van der Waals surface area contributed by atoms with Crippen molar-refractivity contribution in [1.82, 2.24) is 10.2 Å². The van der Waals surface area contributed by atoms with Crippen LogP contribution in [0.1, 0.15) is 39.5 Å². The predicted octanol–water partition coefficient (Wildman–Crippen LogP) is 1.27. The summed E-state index contributed by atoms with van der Waals surface area (Å²) in [5, 5.41) is 3.51. The fraction of sp³-hybridized carbons (Fsp3) is 1.00. The topological polar surface area (TPSA) is 49.4 Å². The van der Waals surface area contributed by atoms with E-state index in [4.69, 9.17) is 0 Å². The number of nitrogens with zero attached hydrogens (tertiary/aromatic N) is 1. The van der Waals surface area contributed by atoms with Crippen molar-refractivity contribution in [3.8, 4) is 0 Å². The summed E-state index contributed by atoms with van der Waals surface area (Å²) in [5.74, 6) is 1.47. The summed E-state index contributed by atoms with van der Waals surface area (Å²) in [6, 6.07) is 0.811. The van der Waals surface area contributed by atoms with Crippen LogP contribution in [0.15, 0.2) is 0 Å². The first-order valence-corrected chi connectivity index (χ1v) is 9.46. The predicted molar refractivity (Wildman–Crippen MR) is 79.1 cm³/mol. The Morgan fingerprint density at radius 2 is 2.05 bits per heavy atom. The maximum Gasteiger partial charge on any atom is 0.151 e. The molecule has 1 N–H and O–H groups in total. The first-order chi connectivity index (χ1) is 8.96. The summed E-state index contributed by atoms with van der Waals surface area (Å²) >= 11 is 0. The molecule has 0 bridgehead atoms. The van der Waals surface area contributed by atoms with Gasteiger partial charge in [-0.25, -0.2) is 8.42 Å². The van der Waals surface area contributed by atoms with Crippen LogP contribution < -0.4 is 5.32 Å². The molecule has 2 atom stereocenters. The molecular formula is C14H28N2O2S. The number of hydrogen-bond acceptors (Lipinski definition) is 4. The van der Waals surface area contributed by atoms with Crippen LogP contribution in [0.5, 0.6) is 0 Å². The fourth-order valence-electron chi connectivity index (χ4n) is 3.28. The standard InChI is InChI=1S/C14H28N2O2S/c1-12(2)15-9-13-5-3-7-16(10-13)14-6-4-8-19(17,18)11-14/h12-15H,3-11H2,1-2H3. The van der Waals surface area contributed by atoms with Crippen molar-refractivity contribution < 1.29 is 8.42 Å². The van der Waals surface area contributed by atoms with Crippen molar-refractivity contribution >= 4 is 9.84 Å². The number of piperidine rings is 1. The molecule has 2 aliphatic rings. The average molecular weight is 288 g/mol. The van der Waals surface area contributed by atoms with Crippen LogP contribution >= 0.6 is 0 Å². The molecular weight excluding hydrogens is 260 g/mol. The van der Waals surface area contributed by atoms with Gasteiger partial charge < -0.3 is 5.32 Å². The second kappa shape index (κ2) is 6.55. The van der Waals surface area contributed by atoms with E-state index in [1.54, 1.807) is 0 Å². The zero-order valence-electron chi connectivity index (χ0n) is 12.3. The molecule has 5 heteroatoms. The van der Waals surface area contributed by atoms with Gasteiger partial charge in [0.2, 0.25) is 0 Å². The Bertz CT molecular complexity index is 381. The maximum atomic E-state index is 11.8. The van der Waals surface area contributed by atoms with Crippen molar-refractivity contribution in [3.05, 3.63) is 0 Å². The van der Waals surface area contributed by atoms with Crippen LogP contribution in [-0.4, -0.2) is 56.5 Å². The van der Waals surface area contributed by atoms with Crippen molar-refractivity contribution in [3.63, 3.8) is 0 Å². The Kier molecular flexibility index (Phi) is 5.26. The highest BCUT2D eigenvalue weighted by Gasteiger charge is 2.31. The minimum atomic E-state index is -2.78. The number of hydrogen-bond donors (Lipinski definition) is 1. The van der Waals surface area contributed by atoms with Crippen molar-refractivity contribution in [2.45, 2.75) is 51.6 Å². The zero-order chi connectivity index (χ0) is 13.9. The van der Waals surface area contributed by atoms with Gasteiger partial charge in [0.15, 0.2) is 9.84 Å². The lowest BCUT2D eigenvalue weighted by Gasteiger charge is -2.40. The highest BCUT2D eigenvalue weighted by molar-refractivity contribution is 7.91. The molecule has 2 rings (SSSR count). The molecule has 2 unspecified atom stereocenters. The molecule has 2 saturated heterocycles. The highest BCUT2D eigenvalue weighted by atomic mass is 32.2. The Balaban J connectivity index is 1.86. The van der Waals surface area contributed by atoms with E-state index in [2.05, 4.69) is 24.1 Å². The molecule has 0 aromatic rings. The van der Waals surface area contributed by atoms with Gasteiger partial charge in [-0.3, -0.25) is 4.90 Å². The van der Waals surface area contributed by atoms with E-state index in [0.717, 1.165) is 32.5 Å². The monoisotopic (exact) mass is 288 g/mol. The smallest absolute Gasteiger partial charge is 0.151 e. The van der Waals surface area contributed by atoms with E-state index in [1.807, 2.05) is 0 Å². The average Bonchev–Trinajstić information content (AvgIpc) is 2.35.